The van der Waals surface area contributed by atoms with Crippen LogP contribution in [0.5, 0.6) is 0 Å². The summed E-state index contributed by atoms with van der Waals surface area (Å²) >= 11 is 0. The summed E-state index contributed by atoms with van der Waals surface area (Å²) in [4.78, 5) is 120. The monoisotopic (exact) mass is 1760 g/mol. The van der Waals surface area contributed by atoms with Crippen molar-refractivity contribution in [1.29, 1.82) is 21.6 Å². The van der Waals surface area contributed by atoms with Crippen molar-refractivity contribution in [3.8, 4) is 0 Å². The Hall–Kier alpha value is -12.8. The summed E-state index contributed by atoms with van der Waals surface area (Å²) in [7, 11) is 10.6. The van der Waals surface area contributed by atoms with E-state index in [1.807, 2.05) is 111 Å². The van der Waals surface area contributed by atoms with Gasteiger partial charge in [-0.2, -0.15) is 0 Å². The van der Waals surface area contributed by atoms with Gasteiger partial charge in [-0.05, 0) is 86.6 Å². The molecule has 0 aliphatic heterocycles. The third-order valence-electron chi connectivity index (χ3n) is 19.2. The maximum absolute atomic E-state index is 12.4. The fourth-order valence-corrected chi connectivity index (χ4v) is 12.9. The Bertz CT molecular complexity index is 4560. The molecule has 0 saturated carbocycles. The quantitative estimate of drug-likeness (QED) is 0.00439. The number of nitrogens with one attached hydrogen (secondary N) is 16. The largest absolute Gasteiger partial charge is 0.443 e. The van der Waals surface area contributed by atoms with E-state index in [1.54, 1.807) is 20.8 Å². The summed E-state index contributed by atoms with van der Waals surface area (Å²) in [5, 5.41) is 60.0. The number of ketones is 3. The van der Waals surface area contributed by atoms with Crippen molar-refractivity contribution in [2.75, 3.05) is 81.1 Å². The fraction of sp³-hybridized carbons (Fsp3) is 0.511. The average molecular weight is 1760 g/mol. The number of guanidine groups is 3. The molecule has 4 heterocycles. The topological polar surface area (TPSA) is 455 Å². The number of imidazole rings is 4. The Morgan fingerprint density at radius 2 is 0.740 bits per heavy atom. The van der Waals surface area contributed by atoms with Gasteiger partial charge in [-0.3, -0.25) is 62.5 Å². The third-order valence-corrected chi connectivity index (χ3v) is 19.2. The second-order valence-corrected chi connectivity index (χ2v) is 35.3. The van der Waals surface area contributed by atoms with E-state index in [0.717, 1.165) is 117 Å². The van der Waals surface area contributed by atoms with Gasteiger partial charge in [-0.15, -0.1) is 0 Å². The maximum Gasteiger partial charge on any atom is 0.415 e. The van der Waals surface area contributed by atoms with E-state index in [9.17, 15) is 47.9 Å². The summed E-state index contributed by atoms with van der Waals surface area (Å²) in [5.74, 6) is -1.80. The molecule has 0 aliphatic rings. The molecule has 0 unspecified atom stereocenters. The van der Waals surface area contributed by atoms with E-state index in [-0.39, 0.29) is 59.7 Å². The molecule has 37 heteroatoms. The average Bonchev–Trinajstić information content (AvgIpc) is 1.86. The number of carbonyl (C=O) groups excluding carboxylic acids is 10. The maximum atomic E-state index is 12.4. The lowest BCUT2D eigenvalue weighted by Gasteiger charge is -2.30. The highest BCUT2D eigenvalue weighted by Gasteiger charge is 2.24. The Labute approximate surface area is 747 Å². The highest BCUT2D eigenvalue weighted by molar-refractivity contribution is 6.12. The molecule has 0 radical (unpaired) electrons. The first-order valence-corrected chi connectivity index (χ1v) is 43.5. The molecule has 0 bridgehead atoms. The summed E-state index contributed by atoms with van der Waals surface area (Å²) < 4.78 is 23.2. The SMILES string of the molecule is CC(C)(C)CC(=O)CC(=O)CC(=N)CC(=O)CCCCn1cc[n+](Cc2ccc(C[n+]3ccn(CCCNC(=O)NC(=N)NC(=O)NC(=O)OC(C)(C)C)c3)cc2)c1.CCc1ccc(C[N+](C)(C)CCCNC(=O)NC(=N)NC(=O)NCCC[N+](C)(C)C)cc1.CCc1ccc(C[n+]2ccn(CCCNC(=O)NC(=N)NC(=O)NCCC[n+]3ccn(CC)c3)c2)cc1. The number of imide groups is 1. The number of aryl methyl sites for hydroxylation is 7. The minimum atomic E-state index is -1.01. The second kappa shape index (κ2) is 54.2. The first-order valence-electron chi connectivity index (χ1n) is 43.5. The van der Waals surface area contributed by atoms with E-state index in [4.69, 9.17) is 26.4 Å². The molecule has 0 aliphatic carbocycles. The van der Waals surface area contributed by atoms with Gasteiger partial charge in [0.25, 0.3) is 0 Å². The Balaban J connectivity index is 0.000000358. The number of rotatable bonds is 43. The number of unbranched alkanes of at least 4 members (excludes halogenated alkanes) is 1. The number of aromatic nitrogens is 8. The van der Waals surface area contributed by atoms with Crippen LogP contribution in [-0.4, -0.2) is 197 Å². The zero-order valence-corrected chi connectivity index (χ0v) is 77.0. The van der Waals surface area contributed by atoms with Gasteiger partial charge in [-0.25, -0.2) is 75.4 Å². The van der Waals surface area contributed by atoms with E-state index >= 15 is 0 Å². The van der Waals surface area contributed by atoms with Crippen LogP contribution < -0.4 is 82.1 Å². The lowest BCUT2D eigenvalue weighted by Crippen LogP contribution is -2.51. The van der Waals surface area contributed by atoms with Gasteiger partial charge in [0.15, 0.2) is 0 Å². The van der Waals surface area contributed by atoms with Gasteiger partial charge >= 0.3 is 42.3 Å². The van der Waals surface area contributed by atoms with Crippen LogP contribution in [0, 0.1) is 27.1 Å². The van der Waals surface area contributed by atoms with E-state index in [2.05, 4.69) is 214 Å². The van der Waals surface area contributed by atoms with Crippen LogP contribution in [-0.2, 0) is 90.9 Å². The zero-order valence-electron chi connectivity index (χ0n) is 77.0. The summed E-state index contributed by atoms with van der Waals surface area (Å²) in [6.45, 7) is 28.2. The van der Waals surface area contributed by atoms with Gasteiger partial charge < -0.3 is 45.7 Å². The number of quaternary nitrogens is 2. The second-order valence-electron chi connectivity index (χ2n) is 35.3. The lowest BCUT2D eigenvalue weighted by atomic mass is 9.88. The zero-order chi connectivity index (χ0) is 93.5. The van der Waals surface area contributed by atoms with Gasteiger partial charge in [0.1, 0.15) is 98.7 Å². The minimum Gasteiger partial charge on any atom is -0.443 e. The lowest BCUT2D eigenvalue weighted by molar-refractivity contribution is -0.903. The molecule has 4 aromatic heterocycles. The number of urea groups is 6. The van der Waals surface area contributed by atoms with Crippen molar-refractivity contribution in [2.24, 2.45) is 5.41 Å². The molecular weight excluding hydrogens is 1620 g/mol. The molecule has 7 aromatic rings. The summed E-state index contributed by atoms with van der Waals surface area (Å²) in [6.07, 6.45) is 30.7. The molecule has 3 aromatic carbocycles. The Kier molecular flexibility index (Phi) is 44.7. The van der Waals surface area contributed by atoms with Crippen molar-refractivity contribution in [3.63, 3.8) is 0 Å². The number of Topliss-reactive ketones (excluding diaryl/α,β-unsaturated/α-hetero) is 3. The molecule has 127 heavy (non-hydrogen) atoms. The number of hydrogen-bond acceptors (Lipinski definition) is 15. The fourth-order valence-electron chi connectivity index (χ4n) is 12.9. The standard InChI is InChI=1S/C41H58N10O7.C26H37N9O2.C23H41N7O2/c1-40(2,3)25-35(54)24-34(53)23-32(42)22-33(52)10-7-8-16-48-18-20-50(28-48)26-30-11-13-31(14-12-30)27-51-21-19-49(29-51)17-9-15-44-37(55)45-36(43)46-38(56)47-39(57)58-41(4,5)6;1-3-22-7-9-23(10-8-22)19-35-18-17-34(21-35)14-6-12-29-26(37)31-24(27)30-25(36)28-11-5-13-33-16-15-32(4-2)20-33;1-7-19-10-12-20(13-11-19)18-30(5,6)17-9-15-26-23(32)28-21(24)27-22(31)25-14-8-16-29(2,3)4/h11-14,18-21,28-29,42H,7-10,15-17,22-27H2,1-6H3,(H3-2,43,44,45,46,47,55,56,57);7-10,15-18,20-21H,3-6,11-14,19H2,1-2H3,(H3-2,27,28,29,30,31,36,37);10-13H,7-9,14-18H2,1-6H3,(H3-2,24,25,26,27,28,31,32)/p+6. The van der Waals surface area contributed by atoms with E-state index < -0.39 is 53.8 Å². The van der Waals surface area contributed by atoms with Crippen LogP contribution in [0.25, 0.3) is 0 Å². The molecule has 0 saturated heterocycles. The molecule has 692 valence electrons. The number of alkyl carbamates (subject to hydrolysis) is 1. The molecule has 37 nitrogen and oxygen atoms in total. The van der Waals surface area contributed by atoms with E-state index in [1.165, 1.54) is 22.3 Å². The first kappa shape index (κ1) is 105. The van der Waals surface area contributed by atoms with Crippen LogP contribution in [0.3, 0.4) is 0 Å². The molecule has 7 rings (SSSR count). The van der Waals surface area contributed by atoms with Crippen LogP contribution in [0.2, 0.25) is 0 Å². The smallest absolute Gasteiger partial charge is 0.415 e. The highest BCUT2D eigenvalue weighted by Crippen LogP contribution is 2.20. The molecule has 0 spiro atoms. The van der Waals surface area contributed by atoms with Crippen molar-refractivity contribution in [3.05, 3.63) is 181 Å². The number of carbonyl (C=O) groups is 10. The predicted octanol–water partition coefficient (Wildman–Crippen LogP) is 7.68. The summed E-state index contributed by atoms with van der Waals surface area (Å²) in [5.41, 5.74) is 6.62. The predicted molar refractivity (Wildman–Crippen MR) is 485 cm³/mol. The van der Waals surface area contributed by atoms with Crippen molar-refractivity contribution >= 4 is 83.2 Å². The van der Waals surface area contributed by atoms with Crippen molar-refractivity contribution in [1.82, 2.24) is 82.1 Å². The normalized spacial score (nSPS) is 11.2. The molecule has 0 atom stereocenters. The van der Waals surface area contributed by atoms with Gasteiger partial charge in [0.05, 0.1) is 87.5 Å². The van der Waals surface area contributed by atoms with Gasteiger partial charge in [0.2, 0.25) is 43.2 Å². The molecule has 16 N–H and O–H groups in total. The number of hydrogen-bond donors (Lipinski definition) is 16. The van der Waals surface area contributed by atoms with Gasteiger partial charge in [-0.1, -0.05) is 107 Å². The molecule has 0 fully saturated rings. The number of nitrogens with zero attached hydrogens (tertiary/aromatic N) is 10. The molecule has 13 amide bonds. The van der Waals surface area contributed by atoms with Crippen LogP contribution in [0.15, 0.2) is 148 Å². The minimum absolute atomic E-state index is 0.0458. The highest BCUT2D eigenvalue weighted by atomic mass is 16.6. The first-order chi connectivity index (χ1) is 60.0. The van der Waals surface area contributed by atoms with Crippen LogP contribution in [0.1, 0.15) is 173 Å². The van der Waals surface area contributed by atoms with Crippen molar-refractivity contribution < 1.29 is 79.9 Å². The summed E-state index contributed by atoms with van der Waals surface area (Å²) in [6, 6.07) is 22.1. The van der Waals surface area contributed by atoms with E-state index in [0.29, 0.717) is 78.0 Å². The van der Waals surface area contributed by atoms with Crippen LogP contribution in [0.4, 0.5) is 33.6 Å². The van der Waals surface area contributed by atoms with Crippen LogP contribution >= 0.6 is 0 Å². The number of benzene rings is 3. The number of ether oxygens (including phenoxy) is 1. The van der Waals surface area contributed by atoms with Crippen molar-refractivity contribution in [2.45, 2.75) is 217 Å². The Morgan fingerprint density at radius 1 is 0.386 bits per heavy atom. The number of amides is 13. The third kappa shape index (κ3) is 48.3. The molecular formula is C90H142N26O11+6. The Morgan fingerprint density at radius 3 is 1.13 bits per heavy atom. The van der Waals surface area contributed by atoms with Gasteiger partial charge in [0, 0.05) is 102 Å².